The molecule has 0 aliphatic heterocycles. The highest BCUT2D eigenvalue weighted by atomic mass is 32.2. The first-order chi connectivity index (χ1) is 19.9. The number of aryl methyl sites for hydroxylation is 1. The van der Waals surface area contributed by atoms with Crippen molar-refractivity contribution in [3.8, 4) is 5.75 Å². The Morgan fingerprint density at radius 1 is 0.833 bits per heavy atom. The number of carbonyl (C=O) groups is 1. The van der Waals surface area contributed by atoms with Crippen LogP contribution in [0.3, 0.4) is 0 Å². The zero-order valence-corrected chi connectivity index (χ0v) is 25.4. The monoisotopic (exact) mass is 607 g/mol. The summed E-state index contributed by atoms with van der Waals surface area (Å²) < 4.78 is 62.0. The van der Waals surface area contributed by atoms with Crippen LogP contribution in [0.4, 0.5) is 17.1 Å². The standard InChI is InChI=1S/C31H33N3O6S2/c1-22(2)24-11-15-26(16-12-24)34(42(38,39)28-8-6-5-7-9-28)21-31(35)32-25-13-17-27(18-14-25)41(36,37)33-29-20-23(3)10-19-30(29)40-4/h5-20,22,33H,21H2,1-4H3,(H,32,35). The molecule has 0 atom stereocenters. The molecule has 4 aromatic rings. The summed E-state index contributed by atoms with van der Waals surface area (Å²) in [6.45, 7) is 5.41. The van der Waals surface area contributed by atoms with E-state index in [0.717, 1.165) is 15.4 Å². The molecule has 220 valence electrons. The van der Waals surface area contributed by atoms with E-state index >= 15 is 0 Å². The summed E-state index contributed by atoms with van der Waals surface area (Å²) in [4.78, 5) is 13.1. The van der Waals surface area contributed by atoms with Gasteiger partial charge in [0.1, 0.15) is 12.3 Å². The average molecular weight is 608 g/mol. The maximum Gasteiger partial charge on any atom is 0.264 e. The van der Waals surface area contributed by atoms with Gasteiger partial charge in [-0.3, -0.25) is 13.8 Å². The average Bonchev–Trinajstić information content (AvgIpc) is 2.96. The Balaban J connectivity index is 1.54. The minimum Gasteiger partial charge on any atom is -0.495 e. The van der Waals surface area contributed by atoms with Gasteiger partial charge in [-0.2, -0.15) is 0 Å². The quantitative estimate of drug-likeness (QED) is 0.224. The van der Waals surface area contributed by atoms with Crippen LogP contribution in [0.2, 0.25) is 0 Å². The van der Waals surface area contributed by atoms with Crippen molar-refractivity contribution < 1.29 is 26.4 Å². The fourth-order valence-corrected chi connectivity index (χ4v) is 6.72. The maximum atomic E-state index is 13.6. The van der Waals surface area contributed by atoms with Crippen LogP contribution in [-0.2, 0) is 24.8 Å². The second-order valence-corrected chi connectivity index (χ2v) is 13.5. The van der Waals surface area contributed by atoms with Crippen LogP contribution in [0.1, 0.15) is 30.9 Å². The number of nitrogens with one attached hydrogen (secondary N) is 2. The molecule has 2 N–H and O–H groups in total. The molecule has 0 aliphatic carbocycles. The van der Waals surface area contributed by atoms with Crippen molar-refractivity contribution in [2.45, 2.75) is 36.5 Å². The van der Waals surface area contributed by atoms with E-state index in [1.165, 1.54) is 43.5 Å². The van der Waals surface area contributed by atoms with Gasteiger partial charge in [-0.1, -0.05) is 50.2 Å². The molecule has 0 radical (unpaired) electrons. The summed E-state index contributed by atoms with van der Waals surface area (Å²) >= 11 is 0. The number of amides is 1. The molecular formula is C31H33N3O6S2. The van der Waals surface area contributed by atoms with E-state index in [9.17, 15) is 21.6 Å². The molecular weight excluding hydrogens is 574 g/mol. The number of nitrogens with zero attached hydrogens (tertiary/aromatic N) is 1. The van der Waals surface area contributed by atoms with E-state index in [4.69, 9.17) is 4.74 Å². The Morgan fingerprint density at radius 3 is 2.07 bits per heavy atom. The van der Waals surface area contributed by atoms with E-state index in [-0.39, 0.29) is 15.7 Å². The third kappa shape index (κ3) is 7.10. The zero-order valence-electron chi connectivity index (χ0n) is 23.7. The molecule has 0 aliphatic rings. The SMILES string of the molecule is COc1ccc(C)cc1NS(=O)(=O)c1ccc(NC(=O)CN(c2ccc(C(C)C)cc2)S(=O)(=O)c2ccccc2)cc1. The summed E-state index contributed by atoms with van der Waals surface area (Å²) in [6.07, 6.45) is 0. The van der Waals surface area contributed by atoms with Crippen LogP contribution in [0.5, 0.6) is 5.75 Å². The minimum absolute atomic E-state index is 0.0254. The minimum atomic E-state index is -4.06. The Morgan fingerprint density at radius 2 is 1.48 bits per heavy atom. The molecule has 0 heterocycles. The van der Waals surface area contributed by atoms with Gasteiger partial charge in [-0.25, -0.2) is 16.8 Å². The Labute approximate surface area is 247 Å². The van der Waals surface area contributed by atoms with Crippen molar-refractivity contribution in [2.24, 2.45) is 0 Å². The summed E-state index contributed by atoms with van der Waals surface area (Å²) in [6, 6.07) is 25.7. The second kappa shape index (κ2) is 12.7. The van der Waals surface area contributed by atoms with Gasteiger partial charge in [0.15, 0.2) is 0 Å². The molecule has 0 unspecified atom stereocenters. The zero-order chi connectivity index (χ0) is 30.5. The number of ether oxygens (including phenoxy) is 1. The van der Waals surface area contributed by atoms with Crippen LogP contribution in [-0.4, -0.2) is 36.4 Å². The number of rotatable bonds is 11. The summed E-state index contributed by atoms with van der Waals surface area (Å²) in [7, 11) is -6.57. The van der Waals surface area contributed by atoms with Crippen LogP contribution < -0.4 is 19.1 Å². The lowest BCUT2D eigenvalue weighted by atomic mass is 10.0. The third-order valence-electron chi connectivity index (χ3n) is 6.51. The van der Waals surface area contributed by atoms with Gasteiger partial charge in [0.25, 0.3) is 20.0 Å². The first kappa shape index (κ1) is 30.6. The molecule has 0 aromatic heterocycles. The van der Waals surface area contributed by atoms with Gasteiger partial charge >= 0.3 is 0 Å². The van der Waals surface area contributed by atoms with Crippen LogP contribution in [0.15, 0.2) is 107 Å². The lowest BCUT2D eigenvalue weighted by Gasteiger charge is -2.24. The number of anilines is 3. The molecule has 9 nitrogen and oxygen atoms in total. The lowest BCUT2D eigenvalue weighted by Crippen LogP contribution is -2.38. The molecule has 42 heavy (non-hydrogen) atoms. The molecule has 0 saturated carbocycles. The van der Waals surface area contributed by atoms with Crippen molar-refractivity contribution in [3.05, 3.63) is 108 Å². The van der Waals surface area contributed by atoms with E-state index in [1.807, 2.05) is 32.9 Å². The van der Waals surface area contributed by atoms with E-state index < -0.39 is 32.5 Å². The summed E-state index contributed by atoms with van der Waals surface area (Å²) in [5, 5.41) is 2.67. The number of sulfonamides is 2. The fourth-order valence-electron chi connectivity index (χ4n) is 4.21. The predicted molar refractivity (Wildman–Crippen MR) is 165 cm³/mol. The predicted octanol–water partition coefficient (Wildman–Crippen LogP) is 5.76. The summed E-state index contributed by atoms with van der Waals surface area (Å²) in [5.74, 6) is 0.0324. The number of carbonyl (C=O) groups excluding carboxylic acids is 1. The van der Waals surface area contributed by atoms with Gasteiger partial charge in [0.2, 0.25) is 5.91 Å². The number of methoxy groups -OCH3 is 1. The van der Waals surface area contributed by atoms with Crippen LogP contribution in [0.25, 0.3) is 0 Å². The van der Waals surface area contributed by atoms with Gasteiger partial charge in [0, 0.05) is 5.69 Å². The van der Waals surface area contributed by atoms with Gasteiger partial charge in [-0.15, -0.1) is 0 Å². The van der Waals surface area contributed by atoms with Crippen molar-refractivity contribution in [2.75, 3.05) is 28.0 Å². The fraction of sp³-hybridized carbons (Fsp3) is 0.194. The van der Waals surface area contributed by atoms with Crippen molar-refractivity contribution in [1.82, 2.24) is 0 Å². The molecule has 4 aromatic carbocycles. The molecule has 1 amide bonds. The molecule has 0 fully saturated rings. The molecule has 0 saturated heterocycles. The van der Waals surface area contributed by atoms with Gasteiger partial charge in [0.05, 0.1) is 28.3 Å². The molecule has 0 spiro atoms. The number of hydrogen-bond donors (Lipinski definition) is 2. The number of benzene rings is 4. The highest BCUT2D eigenvalue weighted by Crippen LogP contribution is 2.29. The van der Waals surface area contributed by atoms with Crippen molar-refractivity contribution in [1.29, 1.82) is 0 Å². The summed E-state index contributed by atoms with van der Waals surface area (Å²) in [5.41, 5.74) is 2.84. The van der Waals surface area contributed by atoms with Gasteiger partial charge < -0.3 is 10.1 Å². The van der Waals surface area contributed by atoms with Gasteiger partial charge in [-0.05, 0) is 84.6 Å². The van der Waals surface area contributed by atoms with Crippen LogP contribution in [0, 0.1) is 6.92 Å². The van der Waals surface area contributed by atoms with E-state index in [2.05, 4.69) is 10.0 Å². The molecule has 0 bridgehead atoms. The first-order valence-corrected chi connectivity index (χ1v) is 16.1. The second-order valence-electron chi connectivity index (χ2n) is 9.95. The highest BCUT2D eigenvalue weighted by molar-refractivity contribution is 7.93. The Hall–Kier alpha value is -4.35. The van der Waals surface area contributed by atoms with E-state index in [1.54, 1.807) is 48.5 Å². The van der Waals surface area contributed by atoms with Crippen molar-refractivity contribution >= 4 is 43.0 Å². The van der Waals surface area contributed by atoms with E-state index in [0.29, 0.717) is 22.8 Å². The largest absolute Gasteiger partial charge is 0.495 e. The first-order valence-electron chi connectivity index (χ1n) is 13.2. The van der Waals surface area contributed by atoms with Crippen LogP contribution >= 0.6 is 0 Å². The number of hydrogen-bond acceptors (Lipinski definition) is 6. The smallest absolute Gasteiger partial charge is 0.264 e. The Kier molecular flexibility index (Phi) is 9.23. The molecule has 11 heteroatoms. The lowest BCUT2D eigenvalue weighted by molar-refractivity contribution is -0.114. The molecule has 4 rings (SSSR count). The van der Waals surface area contributed by atoms with Crippen molar-refractivity contribution in [3.63, 3.8) is 0 Å². The third-order valence-corrected chi connectivity index (χ3v) is 9.68. The maximum absolute atomic E-state index is 13.6. The topological polar surface area (TPSA) is 122 Å². The Bertz CT molecular complexity index is 1760. The normalized spacial score (nSPS) is 11.6. The highest BCUT2D eigenvalue weighted by Gasteiger charge is 2.27.